The Hall–Kier alpha value is -1.56. The smallest absolute Gasteiger partial charge is 0.00975 e. The standard InChI is InChI=1S/C9H12.C7H8.C3H8.C2H6.CH4/c1-2-6-9-7-4-3-5-8-9;1-7-5-3-2-4-6-7;1-3-2;1-2;/h3-7H,2,8H2,1H3;2-6H,1H3;3H2,1-2H3;1-2H3;1H4/b9-6-;;;;. The van der Waals surface area contributed by atoms with Crippen molar-refractivity contribution < 1.29 is 0 Å². The van der Waals surface area contributed by atoms with E-state index >= 15 is 0 Å². The monoisotopic (exact) mass is 302 g/mol. The summed E-state index contributed by atoms with van der Waals surface area (Å²) in [7, 11) is 0. The lowest BCUT2D eigenvalue weighted by Crippen LogP contribution is -1.78. The van der Waals surface area contributed by atoms with E-state index in [1.165, 1.54) is 17.6 Å². The summed E-state index contributed by atoms with van der Waals surface area (Å²) in [6, 6.07) is 10.3. The molecule has 0 nitrogen and oxygen atoms in total. The van der Waals surface area contributed by atoms with Crippen LogP contribution in [0.25, 0.3) is 0 Å². The molecule has 1 aliphatic carbocycles. The van der Waals surface area contributed by atoms with Gasteiger partial charge in [-0.05, 0) is 25.3 Å². The molecule has 0 heteroatoms. The molecule has 0 unspecified atom stereocenters. The Balaban J connectivity index is -0.000000250. The van der Waals surface area contributed by atoms with Crippen molar-refractivity contribution in [3.8, 4) is 0 Å². The first-order chi connectivity index (χ1) is 10.2. The molecule has 0 aliphatic heterocycles. The van der Waals surface area contributed by atoms with Gasteiger partial charge in [-0.1, -0.05) is 115 Å². The van der Waals surface area contributed by atoms with Gasteiger partial charge < -0.3 is 0 Å². The van der Waals surface area contributed by atoms with Gasteiger partial charge in [-0.15, -0.1) is 0 Å². The van der Waals surface area contributed by atoms with Crippen LogP contribution in [0.15, 0.2) is 66.3 Å². The minimum atomic E-state index is 0. The van der Waals surface area contributed by atoms with Gasteiger partial charge in [0.25, 0.3) is 0 Å². The predicted octanol–water partition coefficient (Wildman–Crippen LogP) is 7.91. The maximum Gasteiger partial charge on any atom is -0.00975 e. The second-order valence-electron chi connectivity index (χ2n) is 4.54. The van der Waals surface area contributed by atoms with E-state index in [4.69, 9.17) is 0 Å². The molecule has 0 heterocycles. The van der Waals surface area contributed by atoms with Crippen molar-refractivity contribution in [2.75, 3.05) is 0 Å². The highest BCUT2D eigenvalue weighted by atomic mass is 14.0. The second kappa shape index (κ2) is 21.7. The van der Waals surface area contributed by atoms with Gasteiger partial charge >= 0.3 is 0 Å². The third-order valence-electron chi connectivity index (χ3n) is 2.32. The summed E-state index contributed by atoms with van der Waals surface area (Å²) < 4.78 is 0. The van der Waals surface area contributed by atoms with Crippen molar-refractivity contribution in [3.05, 3.63) is 71.8 Å². The minimum absolute atomic E-state index is 0. The first-order valence-corrected chi connectivity index (χ1v) is 8.28. The second-order valence-corrected chi connectivity index (χ2v) is 4.54. The van der Waals surface area contributed by atoms with E-state index in [1.807, 2.05) is 32.0 Å². The lowest BCUT2D eigenvalue weighted by molar-refractivity contribution is 1.09. The van der Waals surface area contributed by atoms with Gasteiger partial charge in [0.1, 0.15) is 0 Å². The molecule has 0 radical (unpaired) electrons. The Morgan fingerprint density at radius 1 is 0.955 bits per heavy atom. The molecule has 0 aromatic heterocycles. The van der Waals surface area contributed by atoms with E-state index in [-0.39, 0.29) is 7.43 Å². The topological polar surface area (TPSA) is 0 Å². The molecule has 0 amide bonds. The van der Waals surface area contributed by atoms with Crippen LogP contribution in [0, 0.1) is 6.92 Å². The summed E-state index contributed by atoms with van der Waals surface area (Å²) in [4.78, 5) is 0. The third-order valence-corrected chi connectivity index (χ3v) is 2.32. The van der Waals surface area contributed by atoms with Crippen LogP contribution >= 0.6 is 0 Å². The molecular formula is C22H38. The van der Waals surface area contributed by atoms with Crippen LogP contribution in [0.4, 0.5) is 0 Å². The largest absolute Gasteiger partial charge is 0.0813 e. The van der Waals surface area contributed by atoms with Crippen LogP contribution in [-0.4, -0.2) is 0 Å². The highest BCUT2D eigenvalue weighted by molar-refractivity contribution is 5.29. The molecule has 0 saturated carbocycles. The van der Waals surface area contributed by atoms with Crippen LogP contribution in [0.2, 0.25) is 0 Å². The van der Waals surface area contributed by atoms with Crippen LogP contribution in [-0.2, 0) is 0 Å². The summed E-state index contributed by atoms with van der Waals surface area (Å²) >= 11 is 0. The highest BCUT2D eigenvalue weighted by Gasteiger charge is 1.89. The Morgan fingerprint density at radius 3 is 1.82 bits per heavy atom. The Labute approximate surface area is 140 Å². The van der Waals surface area contributed by atoms with Crippen molar-refractivity contribution in [2.24, 2.45) is 0 Å². The van der Waals surface area contributed by atoms with Crippen LogP contribution in [0.5, 0.6) is 0 Å². The van der Waals surface area contributed by atoms with Gasteiger partial charge in [0.2, 0.25) is 0 Å². The zero-order valence-corrected chi connectivity index (χ0v) is 14.9. The zero-order chi connectivity index (χ0) is 16.3. The summed E-state index contributed by atoms with van der Waals surface area (Å²) in [6.45, 7) is 12.5. The van der Waals surface area contributed by atoms with Crippen LogP contribution < -0.4 is 0 Å². The summed E-state index contributed by atoms with van der Waals surface area (Å²) in [5.74, 6) is 0. The van der Waals surface area contributed by atoms with E-state index < -0.39 is 0 Å². The molecule has 0 N–H and O–H groups in total. The molecule has 0 fully saturated rings. The Kier molecular flexibility index (Phi) is 25.1. The van der Waals surface area contributed by atoms with E-state index in [9.17, 15) is 0 Å². The van der Waals surface area contributed by atoms with E-state index in [2.05, 4.69) is 70.2 Å². The number of rotatable bonds is 1. The average Bonchev–Trinajstić information content (AvgIpc) is 2.53. The summed E-state index contributed by atoms with van der Waals surface area (Å²) in [5, 5.41) is 0. The van der Waals surface area contributed by atoms with Crippen molar-refractivity contribution >= 4 is 0 Å². The number of hydrogen-bond donors (Lipinski definition) is 0. The number of aryl methyl sites for hydroxylation is 1. The predicted molar refractivity (Wildman–Crippen MR) is 106 cm³/mol. The molecule has 2 rings (SSSR count). The summed E-state index contributed by atoms with van der Waals surface area (Å²) in [5.41, 5.74) is 2.77. The average molecular weight is 303 g/mol. The maximum atomic E-state index is 2.26. The van der Waals surface area contributed by atoms with Gasteiger partial charge in [-0.2, -0.15) is 0 Å². The van der Waals surface area contributed by atoms with Crippen molar-refractivity contribution in [3.63, 3.8) is 0 Å². The van der Waals surface area contributed by atoms with Gasteiger partial charge in [0.15, 0.2) is 0 Å². The molecule has 0 saturated heterocycles. The maximum absolute atomic E-state index is 2.26. The van der Waals surface area contributed by atoms with Crippen LogP contribution in [0.3, 0.4) is 0 Å². The SMILES string of the molecule is C.CC.CC/C=C1/C=CC=CC1.CCC.Cc1ccccc1. The zero-order valence-electron chi connectivity index (χ0n) is 14.9. The van der Waals surface area contributed by atoms with Gasteiger partial charge in [0, 0.05) is 0 Å². The van der Waals surface area contributed by atoms with E-state index in [1.54, 1.807) is 0 Å². The Morgan fingerprint density at radius 2 is 1.50 bits per heavy atom. The molecule has 126 valence electrons. The fourth-order valence-electron chi connectivity index (χ4n) is 1.48. The molecule has 0 bridgehead atoms. The van der Waals surface area contributed by atoms with Gasteiger partial charge in [0.05, 0.1) is 0 Å². The molecule has 0 atom stereocenters. The number of allylic oxidation sites excluding steroid dienone is 6. The first kappa shape index (κ1) is 25.4. The van der Waals surface area contributed by atoms with Crippen molar-refractivity contribution in [2.45, 2.75) is 68.2 Å². The molecule has 0 spiro atoms. The normalized spacial score (nSPS) is 12.5. The molecule has 1 aliphatic rings. The van der Waals surface area contributed by atoms with E-state index in [0.29, 0.717) is 0 Å². The Bertz CT molecular complexity index is 380. The lowest BCUT2D eigenvalue weighted by atomic mass is 10.1. The van der Waals surface area contributed by atoms with Crippen molar-refractivity contribution in [1.29, 1.82) is 0 Å². The van der Waals surface area contributed by atoms with E-state index in [0.717, 1.165) is 12.8 Å². The highest BCUT2D eigenvalue weighted by Crippen LogP contribution is 2.09. The van der Waals surface area contributed by atoms with Crippen LogP contribution in [0.1, 0.15) is 66.9 Å². The fraction of sp³-hybridized carbons (Fsp3) is 0.455. The molecule has 1 aromatic rings. The fourth-order valence-corrected chi connectivity index (χ4v) is 1.48. The first-order valence-electron chi connectivity index (χ1n) is 8.28. The lowest BCUT2D eigenvalue weighted by Gasteiger charge is -1.99. The third kappa shape index (κ3) is 18.4. The molecular weight excluding hydrogens is 264 g/mol. The summed E-state index contributed by atoms with van der Waals surface area (Å²) in [6.07, 6.45) is 14.3. The molecule has 22 heavy (non-hydrogen) atoms. The number of hydrogen-bond acceptors (Lipinski definition) is 0. The molecule has 1 aromatic carbocycles. The minimum Gasteiger partial charge on any atom is -0.0813 e. The van der Waals surface area contributed by atoms with Gasteiger partial charge in [-0.3, -0.25) is 0 Å². The van der Waals surface area contributed by atoms with Crippen molar-refractivity contribution in [1.82, 2.24) is 0 Å². The number of benzene rings is 1. The quantitative estimate of drug-likeness (QED) is 0.494. The van der Waals surface area contributed by atoms with Gasteiger partial charge in [-0.25, -0.2) is 0 Å².